The molecule has 2 saturated heterocycles. The van der Waals surface area contributed by atoms with Crippen molar-refractivity contribution in [3.05, 3.63) is 35.9 Å². The van der Waals surface area contributed by atoms with Gasteiger partial charge in [-0.05, 0) is 64.5 Å². The second kappa shape index (κ2) is 12.3. The number of likely N-dealkylation sites (N-methyl/N-ethyl adjacent to an activating group) is 1. The topological polar surface area (TPSA) is 62.8 Å². The number of hydrogen-bond acceptors (Lipinski definition) is 4. The monoisotopic (exact) mass is 455 g/mol. The fraction of sp³-hybridized carbons (Fsp3) is 0.667. The summed E-state index contributed by atoms with van der Waals surface area (Å²) in [5.74, 6) is 3.54. The van der Waals surface area contributed by atoms with Gasteiger partial charge in [-0.3, -0.25) is 0 Å². The van der Waals surface area contributed by atoms with Gasteiger partial charge in [0.15, 0.2) is 0 Å². The van der Waals surface area contributed by atoms with E-state index in [9.17, 15) is 4.79 Å². The molecule has 182 valence electrons. The molecule has 2 N–H and O–H groups in total. The number of benzene rings is 1. The number of nitrogens with zero attached hydrogens (tertiary/aromatic N) is 1. The number of likely N-dealkylation sites (tertiary alicyclic amines) is 1. The second-order valence-corrected chi connectivity index (χ2v) is 10.1. The molecule has 0 aliphatic carbocycles. The van der Waals surface area contributed by atoms with Gasteiger partial charge in [0.05, 0.1) is 12.2 Å². The molecule has 0 bridgehead atoms. The highest BCUT2D eigenvalue weighted by atomic mass is 16.5. The molecule has 4 atom stereocenters. The maximum absolute atomic E-state index is 13.2. The Kier molecular flexibility index (Phi) is 9.46. The second-order valence-electron chi connectivity index (χ2n) is 10.1. The molecule has 3 rings (SSSR count). The van der Waals surface area contributed by atoms with E-state index in [1.807, 2.05) is 30.1 Å². The summed E-state index contributed by atoms with van der Waals surface area (Å²) in [6.45, 7) is 9.06. The summed E-state index contributed by atoms with van der Waals surface area (Å²) < 4.78 is 12.0. The lowest BCUT2D eigenvalue weighted by molar-refractivity contribution is -0.0792. The molecule has 2 amide bonds. The van der Waals surface area contributed by atoms with E-state index in [2.05, 4.69) is 48.6 Å². The smallest absolute Gasteiger partial charge is 0.317 e. The largest absolute Gasteiger partial charge is 0.438 e. The lowest BCUT2D eigenvalue weighted by atomic mass is 9.87. The number of hydrogen-bond donors (Lipinski definition) is 2. The van der Waals surface area contributed by atoms with Crippen molar-refractivity contribution in [3.8, 4) is 12.0 Å². The van der Waals surface area contributed by atoms with Crippen LogP contribution in [0.15, 0.2) is 30.3 Å². The van der Waals surface area contributed by atoms with Crippen molar-refractivity contribution in [2.75, 3.05) is 33.3 Å². The molecular weight excluding hydrogens is 414 g/mol. The Bertz CT molecular complexity index is 792. The number of ether oxygens (including phenoxy) is 2. The molecule has 33 heavy (non-hydrogen) atoms. The molecule has 0 aromatic heterocycles. The van der Waals surface area contributed by atoms with Gasteiger partial charge in [0.1, 0.15) is 12.2 Å². The lowest BCUT2D eigenvalue weighted by Gasteiger charge is -2.38. The minimum Gasteiger partial charge on any atom is -0.438 e. The van der Waals surface area contributed by atoms with Crippen molar-refractivity contribution >= 4 is 6.03 Å². The number of carbonyl (C=O) groups is 1. The van der Waals surface area contributed by atoms with E-state index in [0.717, 1.165) is 57.4 Å². The minimum atomic E-state index is -0.134. The molecule has 2 fully saturated rings. The quantitative estimate of drug-likeness (QED) is 0.573. The first kappa shape index (κ1) is 25.4. The molecule has 6 heteroatoms. The van der Waals surface area contributed by atoms with E-state index >= 15 is 0 Å². The van der Waals surface area contributed by atoms with E-state index in [-0.39, 0.29) is 29.7 Å². The summed E-state index contributed by atoms with van der Waals surface area (Å²) in [4.78, 5) is 15.2. The van der Waals surface area contributed by atoms with Crippen LogP contribution < -0.4 is 10.6 Å². The molecular formula is C27H41N3O3. The molecule has 1 aromatic carbocycles. The highest BCUT2D eigenvalue weighted by molar-refractivity contribution is 5.74. The van der Waals surface area contributed by atoms with Crippen molar-refractivity contribution in [3.63, 3.8) is 0 Å². The van der Waals surface area contributed by atoms with Crippen molar-refractivity contribution in [1.29, 1.82) is 0 Å². The fourth-order valence-corrected chi connectivity index (χ4v) is 4.99. The van der Waals surface area contributed by atoms with Crippen LogP contribution in [0.5, 0.6) is 0 Å². The van der Waals surface area contributed by atoms with E-state index in [1.165, 1.54) is 0 Å². The van der Waals surface area contributed by atoms with Crippen LogP contribution in [-0.4, -0.2) is 55.9 Å². The molecule has 0 saturated carbocycles. The van der Waals surface area contributed by atoms with E-state index in [0.29, 0.717) is 12.5 Å². The van der Waals surface area contributed by atoms with E-state index in [4.69, 9.17) is 9.47 Å². The molecule has 2 aliphatic heterocycles. The van der Waals surface area contributed by atoms with Crippen LogP contribution >= 0.6 is 0 Å². The van der Waals surface area contributed by atoms with Gasteiger partial charge in [0.25, 0.3) is 0 Å². The number of carbonyl (C=O) groups excluding carboxylic acids is 1. The first-order valence-electron chi connectivity index (χ1n) is 12.4. The number of urea groups is 1. The first-order chi connectivity index (χ1) is 15.9. The van der Waals surface area contributed by atoms with Gasteiger partial charge < -0.3 is 25.0 Å². The molecule has 0 spiro atoms. The normalized spacial score (nSPS) is 24.2. The van der Waals surface area contributed by atoms with Gasteiger partial charge in [-0.2, -0.15) is 0 Å². The molecule has 2 heterocycles. The Morgan fingerprint density at radius 1 is 1.30 bits per heavy atom. The van der Waals surface area contributed by atoms with Gasteiger partial charge in [0.2, 0.25) is 0 Å². The standard InChI is InChI=1S/C27H41N3O3/c1-5-16-32-25(22-10-7-6-8-11-22)23-12-9-15-30(19-23)26(31)29-24(18-28-4)17-21-13-14-27(2,3)33-20-21/h6-8,10-11,21,23-25,28H,9,12-15,17-20H2,1-4H3,(H,29,31)/t21-,23-,24+,25?/m1/s1. The van der Waals surface area contributed by atoms with Crippen LogP contribution in [0.25, 0.3) is 0 Å². The lowest BCUT2D eigenvalue weighted by Crippen LogP contribution is -2.52. The molecule has 0 radical (unpaired) electrons. The van der Waals surface area contributed by atoms with Crippen LogP contribution in [0.1, 0.15) is 64.5 Å². The number of rotatable bonds is 8. The van der Waals surface area contributed by atoms with Crippen molar-refractivity contribution in [1.82, 2.24) is 15.5 Å². The van der Waals surface area contributed by atoms with Gasteiger partial charge in [-0.1, -0.05) is 36.3 Å². The Morgan fingerprint density at radius 2 is 2.09 bits per heavy atom. The maximum Gasteiger partial charge on any atom is 0.317 e. The predicted molar refractivity (Wildman–Crippen MR) is 132 cm³/mol. The number of piperidine rings is 1. The number of amides is 2. The van der Waals surface area contributed by atoms with Crippen LogP contribution in [0.3, 0.4) is 0 Å². The van der Waals surface area contributed by atoms with Gasteiger partial charge >= 0.3 is 6.03 Å². The van der Waals surface area contributed by atoms with E-state index < -0.39 is 0 Å². The van der Waals surface area contributed by atoms with Crippen LogP contribution in [-0.2, 0) is 9.47 Å². The van der Waals surface area contributed by atoms with Crippen LogP contribution in [0.2, 0.25) is 0 Å². The Labute approximate surface area is 199 Å². The van der Waals surface area contributed by atoms with Crippen LogP contribution in [0, 0.1) is 23.9 Å². The third-order valence-corrected chi connectivity index (χ3v) is 6.85. The van der Waals surface area contributed by atoms with Gasteiger partial charge in [-0.25, -0.2) is 4.79 Å². The summed E-state index contributed by atoms with van der Waals surface area (Å²) in [7, 11) is 1.94. The zero-order chi connectivity index (χ0) is 23.7. The first-order valence-corrected chi connectivity index (χ1v) is 12.4. The zero-order valence-electron chi connectivity index (χ0n) is 20.7. The summed E-state index contributed by atoms with van der Waals surface area (Å²) in [5, 5.41) is 6.54. The van der Waals surface area contributed by atoms with Crippen molar-refractivity contribution < 1.29 is 14.3 Å². The molecule has 1 unspecified atom stereocenters. The predicted octanol–water partition coefficient (Wildman–Crippen LogP) is 4.33. The zero-order valence-corrected chi connectivity index (χ0v) is 20.7. The van der Waals surface area contributed by atoms with Gasteiger partial charge in [0, 0.05) is 38.5 Å². The van der Waals surface area contributed by atoms with Crippen molar-refractivity contribution in [2.45, 2.75) is 70.6 Å². The summed E-state index contributed by atoms with van der Waals surface area (Å²) in [5.41, 5.74) is 1.08. The maximum atomic E-state index is 13.2. The third kappa shape index (κ3) is 7.65. The molecule has 2 aliphatic rings. The average Bonchev–Trinajstić information content (AvgIpc) is 2.82. The highest BCUT2D eigenvalue weighted by Gasteiger charge is 2.33. The average molecular weight is 456 g/mol. The fourth-order valence-electron chi connectivity index (χ4n) is 4.99. The van der Waals surface area contributed by atoms with Crippen molar-refractivity contribution in [2.24, 2.45) is 11.8 Å². The molecule has 6 nitrogen and oxygen atoms in total. The minimum absolute atomic E-state index is 0.0189. The SMILES string of the molecule is CC#COC(c1ccccc1)[C@@H]1CCCN(C(=O)N[C@H](CNC)C[C@H]2CCC(C)(C)OC2)C1. The summed E-state index contributed by atoms with van der Waals surface area (Å²) >= 11 is 0. The highest BCUT2D eigenvalue weighted by Crippen LogP contribution is 2.33. The number of nitrogens with one attached hydrogen (secondary N) is 2. The summed E-state index contributed by atoms with van der Waals surface area (Å²) in [6.07, 6.45) is 7.78. The Hall–Kier alpha value is -2.23. The van der Waals surface area contributed by atoms with Gasteiger partial charge in [-0.15, -0.1) is 0 Å². The van der Waals surface area contributed by atoms with Crippen LogP contribution in [0.4, 0.5) is 4.79 Å². The summed E-state index contributed by atoms with van der Waals surface area (Å²) in [6, 6.07) is 10.3. The molecule has 1 aromatic rings. The third-order valence-electron chi connectivity index (χ3n) is 6.85. The van der Waals surface area contributed by atoms with E-state index in [1.54, 1.807) is 6.92 Å². The Balaban J connectivity index is 1.60. The Morgan fingerprint density at radius 3 is 2.76 bits per heavy atom.